The molecule has 0 aliphatic carbocycles. The van der Waals surface area contributed by atoms with Crippen LogP contribution in [0.25, 0.3) is 11.4 Å². The van der Waals surface area contributed by atoms with E-state index in [1.807, 2.05) is 37.5 Å². The van der Waals surface area contributed by atoms with Crippen LogP contribution in [0.5, 0.6) is 11.5 Å². The highest BCUT2D eigenvalue weighted by Gasteiger charge is 2.11. The second-order valence-electron chi connectivity index (χ2n) is 5.19. The molecule has 0 N–H and O–H groups in total. The van der Waals surface area contributed by atoms with Crippen molar-refractivity contribution in [2.75, 3.05) is 13.2 Å². The minimum Gasteiger partial charge on any atom is -0.490 e. The van der Waals surface area contributed by atoms with Crippen LogP contribution in [-0.2, 0) is 6.54 Å². The third kappa shape index (κ3) is 4.03. The van der Waals surface area contributed by atoms with E-state index >= 15 is 0 Å². The van der Waals surface area contributed by atoms with Gasteiger partial charge in [0, 0.05) is 24.5 Å². The average Bonchev–Trinajstić information content (AvgIpc) is 3.01. The van der Waals surface area contributed by atoms with Crippen molar-refractivity contribution in [1.29, 1.82) is 0 Å². The van der Waals surface area contributed by atoms with Crippen molar-refractivity contribution in [3.63, 3.8) is 0 Å². The van der Waals surface area contributed by atoms with E-state index in [1.165, 1.54) is 12.8 Å². The lowest BCUT2D eigenvalue weighted by molar-refractivity contribution is 0.271. The van der Waals surface area contributed by atoms with Crippen LogP contribution in [0, 0.1) is 0 Å². The second-order valence-corrected chi connectivity index (χ2v) is 5.19. The Balaban J connectivity index is 2.19. The molecule has 4 heteroatoms. The number of aromatic nitrogens is 2. The summed E-state index contributed by atoms with van der Waals surface area (Å²) in [6.07, 6.45) is 7.28. The van der Waals surface area contributed by atoms with Crippen LogP contribution in [0.15, 0.2) is 30.6 Å². The van der Waals surface area contributed by atoms with E-state index in [4.69, 9.17) is 9.47 Å². The van der Waals surface area contributed by atoms with E-state index in [1.54, 1.807) is 0 Å². The lowest BCUT2D eigenvalue weighted by atomic mass is 10.2. The van der Waals surface area contributed by atoms with Gasteiger partial charge in [-0.2, -0.15) is 0 Å². The van der Waals surface area contributed by atoms with Gasteiger partial charge in [0.05, 0.1) is 13.2 Å². The summed E-state index contributed by atoms with van der Waals surface area (Å²) in [4.78, 5) is 4.44. The van der Waals surface area contributed by atoms with Crippen LogP contribution in [0.1, 0.15) is 40.0 Å². The van der Waals surface area contributed by atoms with Crippen molar-refractivity contribution in [3.05, 3.63) is 30.6 Å². The van der Waals surface area contributed by atoms with E-state index in [0.29, 0.717) is 6.61 Å². The molecule has 2 rings (SSSR count). The quantitative estimate of drug-likeness (QED) is 0.638. The number of nitrogens with zero attached hydrogens (tertiary/aromatic N) is 2. The van der Waals surface area contributed by atoms with E-state index in [-0.39, 0.29) is 0 Å². The van der Waals surface area contributed by atoms with Gasteiger partial charge in [-0.1, -0.05) is 19.8 Å². The molecule has 1 aromatic carbocycles. The Morgan fingerprint density at radius 2 is 1.91 bits per heavy atom. The number of imidazole rings is 1. The molecule has 4 nitrogen and oxygen atoms in total. The van der Waals surface area contributed by atoms with Gasteiger partial charge in [0.25, 0.3) is 0 Å². The molecule has 0 aliphatic heterocycles. The summed E-state index contributed by atoms with van der Waals surface area (Å²) in [5, 5.41) is 0. The summed E-state index contributed by atoms with van der Waals surface area (Å²) in [6, 6.07) is 6.06. The monoisotopic (exact) mass is 302 g/mol. The maximum Gasteiger partial charge on any atom is 0.161 e. The molecule has 120 valence electrons. The molecular formula is C18H26N2O2. The third-order valence-electron chi connectivity index (χ3n) is 3.56. The molecule has 0 fully saturated rings. The van der Waals surface area contributed by atoms with Gasteiger partial charge < -0.3 is 14.0 Å². The Bertz CT molecular complexity index is 578. The Hall–Kier alpha value is -1.97. The molecule has 0 unspecified atom stereocenters. The highest BCUT2D eigenvalue weighted by Crippen LogP contribution is 2.32. The van der Waals surface area contributed by atoms with Crippen molar-refractivity contribution in [2.24, 2.45) is 0 Å². The summed E-state index contributed by atoms with van der Waals surface area (Å²) in [5.74, 6) is 2.57. The van der Waals surface area contributed by atoms with Crippen LogP contribution in [0.4, 0.5) is 0 Å². The number of ether oxygens (including phenoxy) is 2. The predicted octanol–water partition coefficient (Wildman–Crippen LogP) is 4.54. The molecule has 2 aromatic rings. The third-order valence-corrected chi connectivity index (χ3v) is 3.56. The van der Waals surface area contributed by atoms with Gasteiger partial charge >= 0.3 is 0 Å². The fourth-order valence-corrected chi connectivity index (χ4v) is 2.39. The van der Waals surface area contributed by atoms with Crippen LogP contribution in [0.2, 0.25) is 0 Å². The summed E-state index contributed by atoms with van der Waals surface area (Å²) in [6.45, 7) is 8.54. The number of unbranched alkanes of at least 4 members (excludes halogenated alkanes) is 2. The molecule has 1 aromatic heterocycles. The molecule has 1 heterocycles. The highest BCUT2D eigenvalue weighted by atomic mass is 16.5. The number of hydrogen-bond acceptors (Lipinski definition) is 3. The van der Waals surface area contributed by atoms with Gasteiger partial charge in [-0.25, -0.2) is 4.98 Å². The molecule has 0 aliphatic rings. The van der Waals surface area contributed by atoms with Gasteiger partial charge in [-0.3, -0.25) is 0 Å². The van der Waals surface area contributed by atoms with Gasteiger partial charge in [0.1, 0.15) is 5.82 Å². The molecular weight excluding hydrogens is 276 g/mol. The van der Waals surface area contributed by atoms with Gasteiger partial charge in [0.2, 0.25) is 0 Å². The summed E-state index contributed by atoms with van der Waals surface area (Å²) in [5.41, 5.74) is 1.05. The molecule has 0 radical (unpaired) electrons. The molecule has 0 bridgehead atoms. The van der Waals surface area contributed by atoms with Gasteiger partial charge in [-0.15, -0.1) is 0 Å². The first-order chi connectivity index (χ1) is 10.8. The van der Waals surface area contributed by atoms with Crippen molar-refractivity contribution in [2.45, 2.75) is 46.6 Å². The lowest BCUT2D eigenvalue weighted by Gasteiger charge is -2.13. The van der Waals surface area contributed by atoms with E-state index in [9.17, 15) is 0 Å². The highest BCUT2D eigenvalue weighted by molar-refractivity contribution is 5.61. The van der Waals surface area contributed by atoms with E-state index in [0.717, 1.165) is 42.5 Å². The second kappa shape index (κ2) is 8.47. The van der Waals surface area contributed by atoms with Crippen molar-refractivity contribution in [3.8, 4) is 22.9 Å². The molecule has 22 heavy (non-hydrogen) atoms. The van der Waals surface area contributed by atoms with Crippen LogP contribution < -0.4 is 9.47 Å². The smallest absolute Gasteiger partial charge is 0.161 e. The predicted molar refractivity (Wildman–Crippen MR) is 89.5 cm³/mol. The molecule has 0 amide bonds. The zero-order chi connectivity index (χ0) is 15.8. The fourth-order valence-electron chi connectivity index (χ4n) is 2.39. The number of rotatable bonds is 9. The molecule has 0 atom stereocenters. The normalized spacial score (nSPS) is 10.7. The van der Waals surface area contributed by atoms with E-state index in [2.05, 4.69) is 23.4 Å². The SMILES string of the molecule is CCCCCOc1ccc(-c2nccn2CC)cc1OCC. The molecule has 0 spiro atoms. The number of benzene rings is 1. The fraction of sp³-hybridized carbons (Fsp3) is 0.500. The zero-order valence-corrected chi connectivity index (χ0v) is 13.8. The van der Waals surface area contributed by atoms with Crippen molar-refractivity contribution < 1.29 is 9.47 Å². The Morgan fingerprint density at radius 3 is 2.64 bits per heavy atom. The first-order valence-electron chi connectivity index (χ1n) is 8.21. The van der Waals surface area contributed by atoms with Crippen LogP contribution in [-0.4, -0.2) is 22.8 Å². The maximum absolute atomic E-state index is 5.87. The zero-order valence-electron chi connectivity index (χ0n) is 13.8. The summed E-state index contributed by atoms with van der Waals surface area (Å²) in [7, 11) is 0. The van der Waals surface area contributed by atoms with Crippen LogP contribution in [0.3, 0.4) is 0 Å². The lowest BCUT2D eigenvalue weighted by Crippen LogP contribution is -2.02. The number of aryl methyl sites for hydroxylation is 1. The minimum absolute atomic E-state index is 0.622. The van der Waals surface area contributed by atoms with Crippen molar-refractivity contribution >= 4 is 0 Å². The molecule has 0 saturated carbocycles. The standard InChI is InChI=1S/C18H26N2O2/c1-4-7-8-13-22-16-10-9-15(14-17(16)21-6-3)18-19-11-12-20(18)5-2/h9-12,14H,4-8,13H2,1-3H3. The summed E-state index contributed by atoms with van der Waals surface area (Å²) < 4.78 is 13.7. The Labute approximate surface area is 133 Å². The first kappa shape index (κ1) is 16.4. The maximum atomic E-state index is 5.87. The van der Waals surface area contributed by atoms with Gasteiger partial charge in [-0.05, 0) is 38.5 Å². The average molecular weight is 302 g/mol. The van der Waals surface area contributed by atoms with Crippen LogP contribution >= 0.6 is 0 Å². The largest absolute Gasteiger partial charge is 0.490 e. The Morgan fingerprint density at radius 1 is 1.05 bits per heavy atom. The van der Waals surface area contributed by atoms with Crippen molar-refractivity contribution in [1.82, 2.24) is 9.55 Å². The molecule has 0 saturated heterocycles. The van der Waals surface area contributed by atoms with E-state index < -0.39 is 0 Å². The number of hydrogen-bond donors (Lipinski definition) is 0. The topological polar surface area (TPSA) is 36.3 Å². The first-order valence-corrected chi connectivity index (χ1v) is 8.21. The minimum atomic E-state index is 0.622. The Kier molecular flexibility index (Phi) is 6.31. The van der Waals surface area contributed by atoms with Gasteiger partial charge in [0.15, 0.2) is 11.5 Å². The summed E-state index contributed by atoms with van der Waals surface area (Å²) >= 11 is 0.